The van der Waals surface area contributed by atoms with Gasteiger partial charge in [0.1, 0.15) is 6.04 Å². The van der Waals surface area contributed by atoms with Gasteiger partial charge in [-0.25, -0.2) is 9.79 Å². The Balaban J connectivity index is 1.50. The van der Waals surface area contributed by atoms with Crippen molar-refractivity contribution in [3.63, 3.8) is 0 Å². The molecule has 38 heavy (non-hydrogen) atoms. The normalized spacial score (nSPS) is 17.1. The third kappa shape index (κ3) is 5.24. The Morgan fingerprint density at radius 3 is 2.39 bits per heavy atom. The Morgan fingerprint density at radius 1 is 0.974 bits per heavy atom. The number of anilines is 2. The molecule has 0 aromatic heterocycles. The summed E-state index contributed by atoms with van der Waals surface area (Å²) in [5.74, 6) is -0.0967. The first-order valence-electron chi connectivity index (χ1n) is 13.0. The predicted molar refractivity (Wildman–Crippen MR) is 154 cm³/mol. The molecule has 0 radical (unpaired) electrons. The van der Waals surface area contributed by atoms with Crippen LogP contribution in [0.1, 0.15) is 37.4 Å². The maximum Gasteiger partial charge on any atom is 0.338 e. The van der Waals surface area contributed by atoms with E-state index in [1.165, 1.54) is 17.3 Å². The monoisotopic (exact) mass is 525 g/mol. The molecule has 0 N–H and O–H groups in total. The number of aryl methyl sites for hydroxylation is 1. The largest absolute Gasteiger partial charge is 0.463 e. The number of rotatable bonds is 6. The summed E-state index contributed by atoms with van der Waals surface area (Å²) in [5, 5.41) is 0.675. The number of carbonyl (C=O) groups excluding carboxylic acids is 2. The molecule has 5 rings (SSSR count). The van der Waals surface area contributed by atoms with Crippen molar-refractivity contribution in [2.75, 3.05) is 28.7 Å². The van der Waals surface area contributed by atoms with Crippen molar-refractivity contribution in [3.05, 3.63) is 107 Å². The third-order valence-electron chi connectivity index (χ3n) is 6.79. The van der Waals surface area contributed by atoms with E-state index < -0.39 is 6.04 Å². The van der Waals surface area contributed by atoms with Gasteiger partial charge in [0.15, 0.2) is 5.17 Å². The number of aliphatic imine (C=N–C) groups is 1. The summed E-state index contributed by atoms with van der Waals surface area (Å²) in [4.78, 5) is 35.6. The van der Waals surface area contributed by atoms with Crippen LogP contribution < -0.4 is 9.80 Å². The van der Waals surface area contributed by atoms with Crippen molar-refractivity contribution in [2.45, 2.75) is 32.7 Å². The van der Waals surface area contributed by atoms with Gasteiger partial charge in [-0.1, -0.05) is 78.5 Å². The van der Waals surface area contributed by atoms with Gasteiger partial charge in [-0.3, -0.25) is 9.69 Å². The smallest absolute Gasteiger partial charge is 0.338 e. The molecule has 0 fully saturated rings. The van der Waals surface area contributed by atoms with E-state index in [0.29, 0.717) is 17.3 Å². The number of ether oxygens (including phenoxy) is 1. The fourth-order valence-electron chi connectivity index (χ4n) is 5.02. The lowest BCUT2D eigenvalue weighted by Gasteiger charge is -2.35. The number of benzene rings is 3. The van der Waals surface area contributed by atoms with Gasteiger partial charge in [-0.2, -0.15) is 0 Å². The molecule has 3 aromatic carbocycles. The van der Waals surface area contributed by atoms with Gasteiger partial charge in [-0.05, 0) is 56.0 Å². The van der Waals surface area contributed by atoms with E-state index >= 15 is 0 Å². The Hall–Kier alpha value is -3.84. The summed E-state index contributed by atoms with van der Waals surface area (Å²) < 4.78 is 5.47. The summed E-state index contributed by atoms with van der Waals surface area (Å²) in [6.07, 6.45) is 1.94. The Morgan fingerprint density at radius 2 is 1.66 bits per heavy atom. The second kappa shape index (κ2) is 11.7. The number of nitrogens with zero attached hydrogens (tertiary/aromatic N) is 3. The highest BCUT2D eigenvalue weighted by atomic mass is 32.2. The molecule has 3 aromatic rings. The van der Waals surface area contributed by atoms with Crippen LogP contribution in [0.5, 0.6) is 0 Å². The molecule has 1 amide bonds. The summed E-state index contributed by atoms with van der Waals surface area (Å²) in [5.41, 5.74) is 5.23. The first kappa shape index (κ1) is 25.8. The van der Waals surface area contributed by atoms with Gasteiger partial charge < -0.3 is 9.64 Å². The fraction of sp³-hybridized carbons (Fsp3) is 0.258. The molecule has 2 aliphatic heterocycles. The predicted octanol–water partition coefficient (Wildman–Crippen LogP) is 6.15. The Labute approximate surface area is 228 Å². The van der Waals surface area contributed by atoms with Crippen molar-refractivity contribution in [1.29, 1.82) is 0 Å². The average Bonchev–Trinajstić information content (AvgIpc) is 2.96. The number of amidine groups is 1. The summed E-state index contributed by atoms with van der Waals surface area (Å²) in [6, 6.07) is 27.2. The van der Waals surface area contributed by atoms with Crippen LogP contribution in [0.25, 0.3) is 0 Å². The van der Waals surface area contributed by atoms with Crippen LogP contribution in [-0.2, 0) is 20.7 Å². The molecular weight excluding hydrogens is 494 g/mol. The van der Waals surface area contributed by atoms with Gasteiger partial charge in [0.05, 0.1) is 17.9 Å². The quantitative estimate of drug-likeness (QED) is 0.361. The molecule has 6 nitrogen and oxygen atoms in total. The minimum Gasteiger partial charge on any atom is -0.463 e. The van der Waals surface area contributed by atoms with Crippen LogP contribution in [-0.4, -0.2) is 35.9 Å². The number of hydrogen-bond acceptors (Lipinski definition) is 6. The number of para-hydroxylation sites is 2. The Kier molecular flexibility index (Phi) is 7.94. The molecule has 2 aliphatic rings. The van der Waals surface area contributed by atoms with Gasteiger partial charge in [0.2, 0.25) is 5.91 Å². The van der Waals surface area contributed by atoms with E-state index in [2.05, 4.69) is 6.07 Å². The van der Waals surface area contributed by atoms with Crippen LogP contribution in [0.2, 0.25) is 0 Å². The van der Waals surface area contributed by atoms with E-state index in [4.69, 9.17) is 9.73 Å². The van der Waals surface area contributed by atoms with Gasteiger partial charge in [0.25, 0.3) is 0 Å². The molecule has 0 aliphatic carbocycles. The molecule has 1 atom stereocenters. The lowest BCUT2D eigenvalue weighted by molar-refractivity contribution is -0.139. The number of allylic oxidation sites excluding steroid dienone is 1. The van der Waals surface area contributed by atoms with E-state index in [1.807, 2.05) is 95.6 Å². The van der Waals surface area contributed by atoms with Crippen molar-refractivity contribution in [3.8, 4) is 0 Å². The van der Waals surface area contributed by atoms with E-state index in [-0.39, 0.29) is 24.2 Å². The molecule has 0 bridgehead atoms. The van der Waals surface area contributed by atoms with Crippen LogP contribution >= 0.6 is 11.8 Å². The molecule has 0 saturated heterocycles. The summed E-state index contributed by atoms with van der Waals surface area (Å²) in [6.45, 7) is 4.72. The van der Waals surface area contributed by atoms with E-state index in [1.54, 1.807) is 6.92 Å². The fourth-order valence-corrected chi connectivity index (χ4v) is 5.98. The second-order valence-corrected chi connectivity index (χ2v) is 10.1. The molecule has 7 heteroatoms. The minimum atomic E-state index is -0.525. The molecule has 0 spiro atoms. The van der Waals surface area contributed by atoms with Crippen LogP contribution in [0.3, 0.4) is 0 Å². The lowest BCUT2D eigenvalue weighted by Crippen LogP contribution is -2.39. The maximum absolute atomic E-state index is 13.5. The Bertz CT molecular complexity index is 1370. The first-order chi connectivity index (χ1) is 18.6. The molecule has 2 heterocycles. The molecule has 0 saturated carbocycles. The number of amides is 1. The highest BCUT2D eigenvalue weighted by Gasteiger charge is 2.35. The average molecular weight is 526 g/mol. The number of fused-ring (bicyclic) bond motifs is 1. The summed E-state index contributed by atoms with van der Waals surface area (Å²) >= 11 is 1.40. The number of esters is 1. The van der Waals surface area contributed by atoms with Gasteiger partial charge in [0, 0.05) is 23.6 Å². The zero-order valence-electron chi connectivity index (χ0n) is 21.7. The first-order valence-corrected chi connectivity index (χ1v) is 13.9. The van der Waals surface area contributed by atoms with Crippen LogP contribution in [0.15, 0.2) is 101 Å². The van der Waals surface area contributed by atoms with Gasteiger partial charge in [-0.15, -0.1) is 0 Å². The van der Waals surface area contributed by atoms with Crippen molar-refractivity contribution in [2.24, 2.45) is 4.99 Å². The standard InChI is InChI=1S/C31H31N3O3S/c1-3-37-30(36)28-22(2)34(25-17-8-5-9-18-25)31(32-29(28)24-14-6-4-7-15-24)38-21-27(35)33-20-12-16-23-13-10-11-19-26(23)33/h4-11,13-15,17-19,29H,3,12,16,20-21H2,1-2H3. The van der Waals surface area contributed by atoms with Crippen LogP contribution in [0.4, 0.5) is 11.4 Å². The van der Waals surface area contributed by atoms with Gasteiger partial charge >= 0.3 is 5.97 Å². The second-order valence-electron chi connectivity index (χ2n) is 9.18. The third-order valence-corrected chi connectivity index (χ3v) is 7.73. The maximum atomic E-state index is 13.5. The van der Waals surface area contributed by atoms with Crippen molar-refractivity contribution < 1.29 is 14.3 Å². The van der Waals surface area contributed by atoms with Crippen LogP contribution in [0, 0.1) is 0 Å². The summed E-state index contributed by atoms with van der Waals surface area (Å²) in [7, 11) is 0. The molecule has 1 unspecified atom stereocenters. The zero-order chi connectivity index (χ0) is 26.5. The minimum absolute atomic E-state index is 0.0481. The number of carbonyl (C=O) groups is 2. The molecular formula is C31H31N3O3S. The highest BCUT2D eigenvalue weighted by Crippen LogP contribution is 2.39. The van der Waals surface area contributed by atoms with E-state index in [0.717, 1.165) is 35.5 Å². The highest BCUT2D eigenvalue weighted by molar-refractivity contribution is 8.14. The zero-order valence-corrected chi connectivity index (χ0v) is 22.5. The van der Waals surface area contributed by atoms with E-state index in [9.17, 15) is 9.59 Å². The lowest BCUT2D eigenvalue weighted by atomic mass is 9.96. The molecule has 194 valence electrons. The SMILES string of the molecule is CCOC(=O)C1=C(C)N(c2ccccc2)C(SCC(=O)N2CCCc3ccccc32)=NC1c1ccccc1. The van der Waals surface area contributed by atoms with Crippen molar-refractivity contribution in [1.82, 2.24) is 0 Å². The van der Waals surface area contributed by atoms with Crippen molar-refractivity contribution >= 4 is 40.2 Å². The number of hydrogen-bond donors (Lipinski definition) is 0. The number of thioether (sulfide) groups is 1. The topological polar surface area (TPSA) is 62.2 Å².